The smallest absolute Gasteiger partial charge is 0.275 e. The Morgan fingerprint density at radius 3 is 2.56 bits per heavy atom. The van der Waals surface area contributed by atoms with E-state index in [2.05, 4.69) is 5.32 Å². The predicted molar refractivity (Wildman–Crippen MR) is 72.8 cm³/mol. The third kappa shape index (κ3) is 3.72. The highest BCUT2D eigenvalue weighted by Gasteiger charge is 2.19. The average molecular weight is 268 g/mol. The molecule has 2 rings (SSSR count). The SMILES string of the molecule is C[C@@H](NC(=O)C[NH+]1CCCC1)c1ccc(Cl)cc1. The van der Waals surface area contributed by atoms with Gasteiger partial charge >= 0.3 is 0 Å². The predicted octanol–water partition coefficient (Wildman–Crippen LogP) is 1.20. The van der Waals surface area contributed by atoms with Gasteiger partial charge in [0.15, 0.2) is 6.54 Å². The molecule has 0 aromatic heterocycles. The number of likely N-dealkylation sites (tertiary alicyclic amines) is 1. The Balaban J connectivity index is 1.84. The van der Waals surface area contributed by atoms with Crippen LogP contribution in [0.15, 0.2) is 24.3 Å². The lowest BCUT2D eigenvalue weighted by atomic mass is 10.1. The molecule has 0 aliphatic carbocycles. The number of benzene rings is 1. The summed E-state index contributed by atoms with van der Waals surface area (Å²) >= 11 is 5.84. The van der Waals surface area contributed by atoms with E-state index < -0.39 is 0 Å². The Morgan fingerprint density at radius 2 is 1.94 bits per heavy atom. The second-order valence-corrected chi connectivity index (χ2v) is 5.41. The van der Waals surface area contributed by atoms with E-state index in [0.29, 0.717) is 6.54 Å². The van der Waals surface area contributed by atoms with E-state index in [9.17, 15) is 4.79 Å². The summed E-state index contributed by atoms with van der Waals surface area (Å²) in [5, 5.41) is 3.76. The van der Waals surface area contributed by atoms with E-state index in [-0.39, 0.29) is 11.9 Å². The summed E-state index contributed by atoms with van der Waals surface area (Å²) in [6.07, 6.45) is 2.49. The average Bonchev–Trinajstić information content (AvgIpc) is 2.82. The second kappa shape index (κ2) is 6.21. The minimum Gasteiger partial charge on any atom is -0.345 e. The molecule has 1 amide bonds. The summed E-state index contributed by atoms with van der Waals surface area (Å²) in [7, 11) is 0. The molecule has 1 fully saturated rings. The fourth-order valence-electron chi connectivity index (χ4n) is 2.41. The molecule has 2 N–H and O–H groups in total. The maximum Gasteiger partial charge on any atom is 0.275 e. The molecule has 98 valence electrons. The Labute approximate surface area is 113 Å². The van der Waals surface area contributed by atoms with Crippen molar-refractivity contribution in [3.8, 4) is 0 Å². The first-order valence-corrected chi connectivity index (χ1v) is 6.91. The highest BCUT2D eigenvalue weighted by molar-refractivity contribution is 6.30. The van der Waals surface area contributed by atoms with Crippen molar-refractivity contribution in [2.75, 3.05) is 19.6 Å². The first-order valence-electron chi connectivity index (χ1n) is 6.53. The minimum atomic E-state index is 0.0387. The number of rotatable bonds is 4. The Morgan fingerprint density at radius 1 is 1.33 bits per heavy atom. The van der Waals surface area contributed by atoms with Crippen molar-refractivity contribution in [2.45, 2.75) is 25.8 Å². The third-order valence-electron chi connectivity index (χ3n) is 3.47. The van der Waals surface area contributed by atoms with Crippen LogP contribution in [-0.2, 0) is 4.79 Å². The number of nitrogens with one attached hydrogen (secondary N) is 2. The van der Waals surface area contributed by atoms with Crippen LogP contribution in [0.4, 0.5) is 0 Å². The first-order chi connectivity index (χ1) is 8.65. The standard InChI is InChI=1S/C14H19ClN2O/c1-11(12-4-6-13(15)7-5-12)16-14(18)10-17-8-2-3-9-17/h4-7,11H,2-3,8-10H2,1H3,(H,16,18)/p+1/t11-/m1/s1. The summed E-state index contributed by atoms with van der Waals surface area (Å²) in [6, 6.07) is 7.65. The molecule has 0 spiro atoms. The van der Waals surface area contributed by atoms with Crippen LogP contribution in [0.5, 0.6) is 0 Å². The molecule has 1 heterocycles. The zero-order chi connectivity index (χ0) is 13.0. The summed E-state index contributed by atoms with van der Waals surface area (Å²) in [5.74, 6) is 0.134. The van der Waals surface area contributed by atoms with E-state index in [1.54, 1.807) is 0 Å². The van der Waals surface area contributed by atoms with Crippen LogP contribution in [0.3, 0.4) is 0 Å². The van der Waals surface area contributed by atoms with Crippen molar-refractivity contribution >= 4 is 17.5 Å². The quantitative estimate of drug-likeness (QED) is 0.844. The van der Waals surface area contributed by atoms with E-state index in [4.69, 9.17) is 11.6 Å². The van der Waals surface area contributed by atoms with E-state index in [1.165, 1.54) is 17.7 Å². The molecule has 0 radical (unpaired) electrons. The molecule has 0 bridgehead atoms. The van der Waals surface area contributed by atoms with Gasteiger partial charge in [0.2, 0.25) is 0 Å². The molecular weight excluding hydrogens is 248 g/mol. The van der Waals surface area contributed by atoms with Crippen LogP contribution in [0, 0.1) is 0 Å². The van der Waals surface area contributed by atoms with Crippen LogP contribution in [0.25, 0.3) is 0 Å². The largest absolute Gasteiger partial charge is 0.345 e. The Bertz CT molecular complexity index is 399. The fourth-order valence-corrected chi connectivity index (χ4v) is 2.53. The number of carbonyl (C=O) groups is 1. The number of amides is 1. The van der Waals surface area contributed by atoms with Gasteiger partial charge in [-0.1, -0.05) is 23.7 Å². The van der Waals surface area contributed by atoms with E-state index >= 15 is 0 Å². The molecule has 1 atom stereocenters. The molecule has 0 saturated carbocycles. The topological polar surface area (TPSA) is 33.5 Å². The van der Waals surface area contributed by atoms with Gasteiger partial charge in [-0.2, -0.15) is 0 Å². The number of carbonyl (C=O) groups excluding carboxylic acids is 1. The Hall–Kier alpha value is -1.06. The van der Waals surface area contributed by atoms with Gasteiger partial charge in [-0.25, -0.2) is 0 Å². The minimum absolute atomic E-state index is 0.0387. The van der Waals surface area contributed by atoms with Gasteiger partial charge in [0.25, 0.3) is 5.91 Å². The van der Waals surface area contributed by atoms with Crippen molar-refractivity contribution in [1.82, 2.24) is 5.32 Å². The number of quaternary nitrogens is 1. The van der Waals surface area contributed by atoms with Gasteiger partial charge in [-0.3, -0.25) is 4.79 Å². The van der Waals surface area contributed by atoms with Crippen LogP contribution < -0.4 is 10.2 Å². The first kappa shape index (κ1) is 13.4. The normalized spacial score (nSPS) is 17.7. The highest BCUT2D eigenvalue weighted by Crippen LogP contribution is 2.15. The summed E-state index contributed by atoms with van der Waals surface area (Å²) in [4.78, 5) is 13.3. The van der Waals surface area contributed by atoms with Gasteiger partial charge in [-0.05, 0) is 24.6 Å². The molecule has 4 heteroatoms. The van der Waals surface area contributed by atoms with Crippen molar-refractivity contribution in [3.63, 3.8) is 0 Å². The van der Waals surface area contributed by atoms with Crippen molar-refractivity contribution in [1.29, 1.82) is 0 Å². The van der Waals surface area contributed by atoms with Gasteiger partial charge in [0.05, 0.1) is 19.1 Å². The van der Waals surface area contributed by atoms with Crippen LogP contribution in [0.1, 0.15) is 31.4 Å². The van der Waals surface area contributed by atoms with E-state index in [1.807, 2.05) is 31.2 Å². The summed E-state index contributed by atoms with van der Waals surface area (Å²) < 4.78 is 0. The second-order valence-electron chi connectivity index (χ2n) is 4.97. The molecule has 1 aliphatic heterocycles. The van der Waals surface area contributed by atoms with Crippen molar-refractivity contribution in [2.24, 2.45) is 0 Å². The number of hydrogen-bond donors (Lipinski definition) is 2. The van der Waals surface area contributed by atoms with Gasteiger partial charge in [0.1, 0.15) is 0 Å². The fraction of sp³-hybridized carbons (Fsp3) is 0.500. The lowest BCUT2D eigenvalue weighted by Crippen LogP contribution is -3.11. The lowest BCUT2D eigenvalue weighted by molar-refractivity contribution is -0.879. The van der Waals surface area contributed by atoms with Crippen LogP contribution >= 0.6 is 11.6 Å². The van der Waals surface area contributed by atoms with Gasteiger partial charge in [-0.15, -0.1) is 0 Å². The maximum atomic E-state index is 11.9. The molecule has 1 saturated heterocycles. The number of hydrogen-bond acceptors (Lipinski definition) is 1. The third-order valence-corrected chi connectivity index (χ3v) is 3.72. The van der Waals surface area contributed by atoms with Crippen molar-refractivity contribution < 1.29 is 9.69 Å². The molecule has 1 aromatic rings. The zero-order valence-electron chi connectivity index (χ0n) is 10.7. The van der Waals surface area contributed by atoms with Crippen LogP contribution in [0.2, 0.25) is 5.02 Å². The molecular formula is C14H20ClN2O+. The highest BCUT2D eigenvalue weighted by atomic mass is 35.5. The molecule has 3 nitrogen and oxygen atoms in total. The maximum absolute atomic E-state index is 11.9. The van der Waals surface area contributed by atoms with Gasteiger partial charge in [0, 0.05) is 17.9 Å². The van der Waals surface area contributed by atoms with Gasteiger partial charge < -0.3 is 10.2 Å². The summed E-state index contributed by atoms with van der Waals surface area (Å²) in [6.45, 7) is 4.85. The molecule has 1 aromatic carbocycles. The zero-order valence-corrected chi connectivity index (χ0v) is 11.5. The van der Waals surface area contributed by atoms with Crippen LogP contribution in [-0.4, -0.2) is 25.5 Å². The monoisotopic (exact) mass is 267 g/mol. The molecule has 1 aliphatic rings. The van der Waals surface area contributed by atoms with Crippen molar-refractivity contribution in [3.05, 3.63) is 34.9 Å². The lowest BCUT2D eigenvalue weighted by Gasteiger charge is -2.16. The molecule has 18 heavy (non-hydrogen) atoms. The van der Waals surface area contributed by atoms with E-state index in [0.717, 1.165) is 23.7 Å². The molecule has 0 unspecified atom stereocenters. The Kier molecular flexibility index (Phi) is 4.61. The summed E-state index contributed by atoms with van der Waals surface area (Å²) in [5.41, 5.74) is 1.09. The number of halogens is 1.